The fourth-order valence-electron chi connectivity index (χ4n) is 6.69. The molecular weight excluding hydrogens is 560 g/mol. The Morgan fingerprint density at radius 3 is 2.52 bits per heavy atom. The Balaban J connectivity index is 1.41. The van der Waals surface area contributed by atoms with Crippen molar-refractivity contribution < 1.29 is 33.8 Å². The highest BCUT2D eigenvalue weighted by Crippen LogP contribution is 2.43. The van der Waals surface area contributed by atoms with Gasteiger partial charge in [0.15, 0.2) is 17.4 Å². The van der Waals surface area contributed by atoms with E-state index in [1.165, 1.54) is 0 Å². The van der Waals surface area contributed by atoms with Crippen molar-refractivity contribution in [2.24, 2.45) is 5.92 Å². The number of aromatic hydroxyl groups is 1. The van der Waals surface area contributed by atoms with Gasteiger partial charge in [-0.25, -0.2) is 0 Å². The van der Waals surface area contributed by atoms with Crippen LogP contribution in [-0.2, 0) is 16.1 Å². The van der Waals surface area contributed by atoms with Crippen LogP contribution in [-0.4, -0.2) is 108 Å². The van der Waals surface area contributed by atoms with E-state index in [-0.39, 0.29) is 31.0 Å². The lowest BCUT2D eigenvalue weighted by Crippen LogP contribution is -2.45. The molecule has 1 fully saturated rings. The number of aliphatic carboxylic acids is 1. The van der Waals surface area contributed by atoms with Crippen molar-refractivity contribution in [1.29, 1.82) is 0 Å². The maximum atomic E-state index is 13.9. The maximum absolute atomic E-state index is 13.9. The van der Waals surface area contributed by atoms with E-state index in [2.05, 4.69) is 33.0 Å². The number of amides is 1. The van der Waals surface area contributed by atoms with Gasteiger partial charge in [-0.1, -0.05) is 37.6 Å². The molecule has 3 heterocycles. The smallest absolute Gasteiger partial charge is 0.308 e. The molecule has 1 aromatic heterocycles. The minimum absolute atomic E-state index is 0.0369. The Morgan fingerprint density at radius 1 is 1.05 bits per heavy atom. The second-order valence-corrected chi connectivity index (χ2v) is 13.2. The van der Waals surface area contributed by atoms with E-state index in [0.717, 1.165) is 46.6 Å². The van der Waals surface area contributed by atoms with Crippen LogP contribution in [0.3, 0.4) is 0 Å². The molecule has 10 heteroatoms. The lowest BCUT2D eigenvalue weighted by molar-refractivity contribution is -0.870. The number of carbonyl (C=O) groups excluding carboxylic acids is 1. The number of benzene rings is 2. The van der Waals surface area contributed by atoms with Crippen molar-refractivity contribution in [1.82, 2.24) is 14.4 Å². The molecule has 44 heavy (non-hydrogen) atoms. The van der Waals surface area contributed by atoms with Gasteiger partial charge in [0.2, 0.25) is 12.7 Å². The lowest BCUT2D eigenvalue weighted by atomic mass is 9.84. The molecule has 1 amide bonds. The number of likely N-dealkylation sites (tertiary alicyclic amines) is 1. The molecule has 1 saturated heterocycles. The van der Waals surface area contributed by atoms with Crippen molar-refractivity contribution in [3.8, 4) is 17.4 Å². The number of hydrogen-bond acceptors (Lipinski definition) is 6. The topological polar surface area (TPSA) is 104 Å². The van der Waals surface area contributed by atoms with Crippen molar-refractivity contribution in [3.05, 3.63) is 54.2 Å². The summed E-state index contributed by atoms with van der Waals surface area (Å²) in [7, 11) is 6.46. The van der Waals surface area contributed by atoms with Crippen molar-refractivity contribution >= 4 is 22.6 Å². The number of aromatic nitrogens is 1. The fourth-order valence-corrected chi connectivity index (χ4v) is 6.69. The van der Waals surface area contributed by atoms with E-state index < -0.39 is 17.9 Å². The van der Waals surface area contributed by atoms with Crippen LogP contribution in [0.15, 0.2) is 48.7 Å². The molecule has 10 nitrogen and oxygen atoms in total. The molecule has 238 valence electrons. The summed E-state index contributed by atoms with van der Waals surface area (Å²) in [6.07, 6.45) is 5.20. The quantitative estimate of drug-likeness (QED) is 0.263. The van der Waals surface area contributed by atoms with Gasteiger partial charge in [0.05, 0.1) is 40.2 Å². The van der Waals surface area contributed by atoms with Crippen LogP contribution in [0.25, 0.3) is 10.8 Å². The first-order valence-electron chi connectivity index (χ1n) is 15.8. The normalized spacial score (nSPS) is 20.0. The van der Waals surface area contributed by atoms with E-state index >= 15 is 0 Å². The zero-order valence-electron chi connectivity index (χ0n) is 26.4. The molecule has 0 aliphatic carbocycles. The summed E-state index contributed by atoms with van der Waals surface area (Å²) in [5.74, 6) is -0.488. The van der Waals surface area contributed by atoms with E-state index in [0.29, 0.717) is 44.1 Å². The first-order valence-corrected chi connectivity index (χ1v) is 15.8. The number of fused-ring (bicyclic) bond motifs is 2. The molecule has 3 atom stereocenters. The number of quaternary nitrogens is 1. The molecule has 2 aliphatic rings. The Bertz CT molecular complexity index is 1460. The number of hydrogen-bond donors (Lipinski definition) is 2. The van der Waals surface area contributed by atoms with Crippen molar-refractivity contribution in [2.75, 3.05) is 60.7 Å². The Labute approximate surface area is 260 Å². The van der Waals surface area contributed by atoms with E-state index in [9.17, 15) is 19.8 Å². The van der Waals surface area contributed by atoms with E-state index in [1.807, 2.05) is 53.6 Å². The average molecular weight is 608 g/mol. The van der Waals surface area contributed by atoms with Gasteiger partial charge < -0.3 is 33.6 Å². The monoisotopic (exact) mass is 607 g/mol. The third-order valence-electron chi connectivity index (χ3n) is 9.02. The lowest BCUT2D eigenvalue weighted by Gasteiger charge is -2.31. The molecule has 0 saturated carbocycles. The summed E-state index contributed by atoms with van der Waals surface area (Å²) in [4.78, 5) is 30.9. The molecule has 0 radical (unpaired) electrons. The minimum atomic E-state index is -0.889. The molecule has 0 spiro atoms. The third-order valence-corrected chi connectivity index (χ3v) is 9.02. The van der Waals surface area contributed by atoms with Gasteiger partial charge in [-0.3, -0.25) is 14.5 Å². The van der Waals surface area contributed by atoms with Gasteiger partial charge in [-0.15, -0.1) is 0 Å². The van der Waals surface area contributed by atoms with Crippen LogP contribution >= 0.6 is 0 Å². The van der Waals surface area contributed by atoms with Crippen LogP contribution in [0.2, 0.25) is 0 Å². The van der Waals surface area contributed by atoms with Gasteiger partial charge in [-0.2, -0.15) is 0 Å². The number of rotatable bonds is 14. The number of carboxylic acid groups (broad SMARTS) is 1. The third kappa shape index (κ3) is 7.13. The summed E-state index contributed by atoms with van der Waals surface area (Å²) in [5, 5.41) is 23.2. The number of carbonyl (C=O) groups is 2. The Morgan fingerprint density at radius 2 is 1.80 bits per heavy atom. The van der Waals surface area contributed by atoms with Gasteiger partial charge in [0.1, 0.15) is 0 Å². The van der Waals surface area contributed by atoms with Crippen LogP contribution < -0.4 is 9.47 Å². The summed E-state index contributed by atoms with van der Waals surface area (Å²) in [5.41, 5.74) is 0.863. The van der Waals surface area contributed by atoms with E-state index in [4.69, 9.17) is 9.47 Å². The van der Waals surface area contributed by atoms with Gasteiger partial charge in [-0.05, 0) is 36.6 Å². The maximum Gasteiger partial charge on any atom is 0.308 e. The Kier molecular flexibility index (Phi) is 9.70. The van der Waals surface area contributed by atoms with Gasteiger partial charge in [0.25, 0.3) is 0 Å². The zero-order chi connectivity index (χ0) is 31.4. The number of carboxylic acids is 1. The molecule has 5 rings (SSSR count). The minimum Gasteiger partial charge on any atom is -0.494 e. The second-order valence-electron chi connectivity index (χ2n) is 13.2. The molecule has 3 aromatic rings. The number of aryl methyl sites for hydroxylation is 1. The fraction of sp³-hybridized carbons (Fsp3) is 0.529. The van der Waals surface area contributed by atoms with Gasteiger partial charge >= 0.3 is 5.97 Å². The number of unbranched alkanes of at least 4 members (excludes halogenated alkanes) is 1. The van der Waals surface area contributed by atoms with Crippen LogP contribution in [0.5, 0.6) is 17.4 Å². The van der Waals surface area contributed by atoms with E-state index in [1.54, 1.807) is 4.57 Å². The highest BCUT2D eigenvalue weighted by molar-refractivity contribution is 5.87. The summed E-state index contributed by atoms with van der Waals surface area (Å²) >= 11 is 0. The van der Waals surface area contributed by atoms with Crippen molar-refractivity contribution in [3.63, 3.8) is 0 Å². The predicted molar refractivity (Wildman–Crippen MR) is 169 cm³/mol. The molecule has 2 aromatic carbocycles. The van der Waals surface area contributed by atoms with Gasteiger partial charge in [0, 0.05) is 61.5 Å². The summed E-state index contributed by atoms with van der Waals surface area (Å²) in [6, 6.07) is 12.9. The predicted octanol–water partition coefficient (Wildman–Crippen LogP) is 4.36. The summed E-state index contributed by atoms with van der Waals surface area (Å²) in [6.45, 7) is 5.63. The second kappa shape index (κ2) is 13.5. The number of ether oxygens (including phenoxy) is 2. The summed E-state index contributed by atoms with van der Waals surface area (Å²) < 4.78 is 13.7. The molecule has 0 bridgehead atoms. The standard InChI is InChI=1S/C34H46N4O6/c1-5-6-15-35(16-9-18-38(2,3)4)31(39)22-37-21-27(24-12-13-29-30(19-24)44-23-43-29)32(34(41)42)28(37)14-17-36-20-25-10-7-8-11-26(25)33(36)40/h7-8,10-13,19-20,27-28,32H,5-6,9,14-18,21-23H2,1-4H3,(H-,40,41,42)/p+1/t27-,28+,32?/m1/s1. The van der Waals surface area contributed by atoms with Crippen LogP contribution in [0.1, 0.15) is 44.1 Å². The zero-order valence-corrected chi connectivity index (χ0v) is 26.4. The highest BCUT2D eigenvalue weighted by Gasteiger charge is 2.47. The molecule has 1 unspecified atom stereocenters. The van der Waals surface area contributed by atoms with Crippen molar-refractivity contribution in [2.45, 2.75) is 51.1 Å². The molecule has 2 aliphatic heterocycles. The highest BCUT2D eigenvalue weighted by atomic mass is 16.7. The molecular formula is C34H47N4O6+. The van der Waals surface area contributed by atoms with Crippen LogP contribution in [0, 0.1) is 5.92 Å². The largest absolute Gasteiger partial charge is 0.494 e. The SMILES string of the molecule is CCCCN(CCC[N+](C)(C)C)C(=O)CN1C[C@H](c2ccc3c(c2)OCO3)C(C(=O)O)[C@@H]1CCn1cc2ccccc2c1O. The Hall–Kier alpha value is -3.76. The average Bonchev–Trinajstić information content (AvgIpc) is 3.68. The van der Waals surface area contributed by atoms with Crippen LogP contribution in [0.4, 0.5) is 0 Å². The number of nitrogens with zero attached hydrogens (tertiary/aromatic N) is 4. The first kappa shape index (κ1) is 31.7. The molecule has 2 N–H and O–H groups in total. The first-order chi connectivity index (χ1) is 21.1.